The molecular weight excluding hydrogens is 245 g/mol. The van der Waals surface area contributed by atoms with Crippen molar-refractivity contribution in [2.24, 2.45) is 0 Å². The van der Waals surface area contributed by atoms with Crippen LogP contribution < -0.4 is 22.2 Å². The third-order valence-corrected chi connectivity index (χ3v) is 3.21. The van der Waals surface area contributed by atoms with Gasteiger partial charge in [0, 0.05) is 0 Å². The number of pyridine rings is 1. The number of halogens is 2. The van der Waals surface area contributed by atoms with E-state index in [-0.39, 0.29) is 12.4 Å². The molecule has 0 bridgehead atoms. The number of nitrogens with one attached hydrogen (secondary N) is 1. The minimum atomic E-state index is 0. The average molecular weight is 262 g/mol. The van der Waals surface area contributed by atoms with Crippen molar-refractivity contribution in [2.75, 3.05) is 37.6 Å². The minimum Gasteiger partial charge on any atom is -1.00 e. The number of aromatic nitrogens is 1. The minimum absolute atomic E-state index is 0. The molecule has 1 N–H and O–H groups in total. The Labute approximate surface area is 108 Å². The third-order valence-electron chi connectivity index (χ3n) is 2.99. The molecule has 0 spiro atoms. The van der Waals surface area contributed by atoms with Crippen molar-refractivity contribution in [3.8, 4) is 0 Å². The van der Waals surface area contributed by atoms with Gasteiger partial charge in [0.1, 0.15) is 11.0 Å². The largest absolute Gasteiger partial charge is 1.00 e. The van der Waals surface area contributed by atoms with E-state index in [4.69, 9.17) is 11.6 Å². The maximum Gasteiger partial charge on any atom is 0.131 e. The highest BCUT2D eigenvalue weighted by atomic mass is 35.5. The number of likely N-dealkylation sites (N-methyl/N-ethyl adjacent to an activating group) is 1. The van der Waals surface area contributed by atoms with Crippen LogP contribution in [0.15, 0.2) is 18.2 Å². The molecule has 0 unspecified atom stereocenters. The molecule has 0 amide bonds. The van der Waals surface area contributed by atoms with Crippen LogP contribution in [-0.2, 0) is 0 Å². The zero-order chi connectivity index (χ0) is 10.7. The monoisotopic (exact) mass is 261 g/mol. The predicted molar refractivity (Wildman–Crippen MR) is 62.7 cm³/mol. The Morgan fingerprint density at radius 3 is 2.62 bits per heavy atom. The first-order valence-corrected chi connectivity index (χ1v) is 5.88. The number of hydrogen-bond acceptors (Lipinski definition) is 2. The normalized spacial score (nSPS) is 17.0. The second-order valence-corrected chi connectivity index (χ2v) is 4.30. The van der Waals surface area contributed by atoms with Crippen LogP contribution in [0.3, 0.4) is 0 Å². The SMILES string of the molecule is CC[NH+]1CCN(c2cccc(Cl)n2)CC1.[Cl-]. The number of hydrogen-bond donors (Lipinski definition) is 1. The number of quaternary nitrogens is 1. The van der Waals surface area contributed by atoms with Gasteiger partial charge < -0.3 is 22.2 Å². The summed E-state index contributed by atoms with van der Waals surface area (Å²) in [5.41, 5.74) is 0. The Balaban J connectivity index is 0.00000128. The first-order valence-electron chi connectivity index (χ1n) is 5.50. The zero-order valence-corrected chi connectivity index (χ0v) is 10.9. The fourth-order valence-electron chi connectivity index (χ4n) is 1.98. The van der Waals surface area contributed by atoms with E-state index in [1.165, 1.54) is 19.6 Å². The van der Waals surface area contributed by atoms with Crippen LogP contribution in [0.25, 0.3) is 0 Å². The first kappa shape index (κ1) is 13.6. The molecule has 3 nitrogen and oxygen atoms in total. The van der Waals surface area contributed by atoms with E-state index < -0.39 is 0 Å². The highest BCUT2D eigenvalue weighted by molar-refractivity contribution is 6.29. The van der Waals surface area contributed by atoms with Gasteiger partial charge in [-0.1, -0.05) is 17.7 Å². The summed E-state index contributed by atoms with van der Waals surface area (Å²) >= 11 is 5.88. The van der Waals surface area contributed by atoms with Crippen molar-refractivity contribution in [1.29, 1.82) is 0 Å². The molecule has 0 radical (unpaired) electrons. The van der Waals surface area contributed by atoms with Gasteiger partial charge >= 0.3 is 0 Å². The van der Waals surface area contributed by atoms with Crippen molar-refractivity contribution < 1.29 is 17.3 Å². The van der Waals surface area contributed by atoms with E-state index in [2.05, 4.69) is 16.8 Å². The Hall–Kier alpha value is -0.510. The van der Waals surface area contributed by atoms with E-state index in [1.54, 1.807) is 4.90 Å². The van der Waals surface area contributed by atoms with Crippen LogP contribution in [0.1, 0.15) is 6.92 Å². The van der Waals surface area contributed by atoms with Gasteiger partial charge in [-0.05, 0) is 19.1 Å². The lowest BCUT2D eigenvalue weighted by Crippen LogP contribution is -3.14. The summed E-state index contributed by atoms with van der Waals surface area (Å²) in [6.45, 7) is 8.02. The van der Waals surface area contributed by atoms with Gasteiger partial charge in [-0.15, -0.1) is 0 Å². The molecule has 0 saturated carbocycles. The van der Waals surface area contributed by atoms with Crippen molar-refractivity contribution >= 4 is 17.4 Å². The first-order chi connectivity index (χ1) is 7.29. The number of anilines is 1. The van der Waals surface area contributed by atoms with Crippen LogP contribution >= 0.6 is 11.6 Å². The van der Waals surface area contributed by atoms with Crippen LogP contribution in [0.2, 0.25) is 5.15 Å². The number of nitrogens with zero attached hydrogens (tertiary/aromatic N) is 2. The van der Waals surface area contributed by atoms with Crippen LogP contribution in [0.4, 0.5) is 5.82 Å². The maximum absolute atomic E-state index is 5.88. The zero-order valence-electron chi connectivity index (χ0n) is 9.42. The van der Waals surface area contributed by atoms with Gasteiger partial charge in [0.25, 0.3) is 0 Å². The summed E-state index contributed by atoms with van der Waals surface area (Å²) in [5.74, 6) is 1.01. The van der Waals surface area contributed by atoms with Gasteiger partial charge in [0.15, 0.2) is 0 Å². The smallest absolute Gasteiger partial charge is 0.131 e. The Bertz CT molecular complexity index is 325. The summed E-state index contributed by atoms with van der Waals surface area (Å²) in [6, 6.07) is 5.81. The van der Waals surface area contributed by atoms with Crippen molar-refractivity contribution in [3.05, 3.63) is 23.4 Å². The molecule has 0 aliphatic carbocycles. The quantitative estimate of drug-likeness (QED) is 0.593. The molecule has 1 saturated heterocycles. The van der Waals surface area contributed by atoms with Crippen LogP contribution in [0.5, 0.6) is 0 Å². The highest BCUT2D eigenvalue weighted by Crippen LogP contribution is 2.13. The van der Waals surface area contributed by atoms with Crippen LogP contribution in [0, 0.1) is 0 Å². The summed E-state index contributed by atoms with van der Waals surface area (Å²) in [7, 11) is 0. The standard InChI is InChI=1S/C11H16ClN3.ClH/c1-2-14-6-8-15(9-7-14)11-5-3-4-10(12)13-11;/h3-5H,2,6-9H2,1H3;1H. The molecule has 1 aliphatic heterocycles. The molecule has 1 aromatic rings. The van der Waals surface area contributed by atoms with E-state index in [0.717, 1.165) is 18.9 Å². The Morgan fingerprint density at radius 1 is 1.38 bits per heavy atom. The van der Waals surface area contributed by atoms with Crippen molar-refractivity contribution in [1.82, 2.24) is 4.98 Å². The van der Waals surface area contributed by atoms with Crippen molar-refractivity contribution in [3.63, 3.8) is 0 Å². The van der Waals surface area contributed by atoms with Gasteiger partial charge in [-0.3, -0.25) is 0 Å². The molecule has 1 aliphatic rings. The summed E-state index contributed by atoms with van der Waals surface area (Å²) in [6.07, 6.45) is 0. The lowest BCUT2D eigenvalue weighted by atomic mass is 10.3. The fourth-order valence-corrected chi connectivity index (χ4v) is 2.14. The third kappa shape index (κ3) is 3.24. The fraction of sp³-hybridized carbons (Fsp3) is 0.545. The second kappa shape index (κ2) is 6.28. The summed E-state index contributed by atoms with van der Waals surface area (Å²) in [4.78, 5) is 8.31. The molecule has 16 heavy (non-hydrogen) atoms. The van der Waals surface area contributed by atoms with Gasteiger partial charge in [-0.2, -0.15) is 0 Å². The predicted octanol–water partition coefficient (Wildman–Crippen LogP) is -2.54. The number of piperazine rings is 1. The summed E-state index contributed by atoms with van der Waals surface area (Å²) < 4.78 is 0. The molecule has 2 heterocycles. The molecule has 0 aromatic carbocycles. The lowest BCUT2D eigenvalue weighted by molar-refractivity contribution is -0.898. The second-order valence-electron chi connectivity index (χ2n) is 3.91. The Morgan fingerprint density at radius 2 is 2.06 bits per heavy atom. The molecule has 0 atom stereocenters. The van der Waals surface area contributed by atoms with Gasteiger partial charge in [0.05, 0.1) is 32.7 Å². The van der Waals surface area contributed by atoms with Gasteiger partial charge in [-0.25, -0.2) is 4.98 Å². The number of rotatable bonds is 2. The topological polar surface area (TPSA) is 20.6 Å². The molecule has 5 heteroatoms. The van der Waals surface area contributed by atoms with E-state index in [9.17, 15) is 0 Å². The van der Waals surface area contributed by atoms with E-state index in [1.807, 2.05) is 18.2 Å². The maximum atomic E-state index is 5.88. The molecule has 90 valence electrons. The van der Waals surface area contributed by atoms with E-state index >= 15 is 0 Å². The summed E-state index contributed by atoms with van der Waals surface area (Å²) in [5, 5.41) is 0.581. The average Bonchev–Trinajstić information content (AvgIpc) is 2.29. The highest BCUT2D eigenvalue weighted by Gasteiger charge is 2.19. The van der Waals surface area contributed by atoms with Gasteiger partial charge in [0.2, 0.25) is 0 Å². The molecule has 1 aromatic heterocycles. The molecule has 2 rings (SSSR count). The molecule has 1 fully saturated rings. The Kier molecular flexibility index (Phi) is 5.32. The lowest BCUT2D eigenvalue weighted by Gasteiger charge is -2.32. The van der Waals surface area contributed by atoms with Crippen LogP contribution in [-0.4, -0.2) is 37.7 Å². The van der Waals surface area contributed by atoms with Crippen molar-refractivity contribution in [2.45, 2.75) is 6.92 Å². The molecular formula is C11H17Cl2N3. The van der Waals surface area contributed by atoms with E-state index in [0.29, 0.717) is 5.15 Å².